The molecule has 2 rings (SSSR count). The quantitative estimate of drug-likeness (QED) is 0.756. The van der Waals surface area contributed by atoms with Crippen LogP contribution in [0.5, 0.6) is 11.5 Å². The summed E-state index contributed by atoms with van der Waals surface area (Å²) in [6, 6.07) is 9.64. The molecule has 0 bridgehead atoms. The summed E-state index contributed by atoms with van der Waals surface area (Å²) in [6.07, 6.45) is 0. The molecule has 0 fully saturated rings. The lowest BCUT2D eigenvalue weighted by atomic mass is 10.3. The molecule has 0 unspecified atom stereocenters. The summed E-state index contributed by atoms with van der Waals surface area (Å²) in [5.41, 5.74) is 0. The Morgan fingerprint density at radius 3 is 2.38 bits per heavy atom. The minimum absolute atomic E-state index is 0.0200. The van der Waals surface area contributed by atoms with E-state index in [9.17, 15) is 8.78 Å². The molecule has 0 radical (unpaired) electrons. The third kappa shape index (κ3) is 2.49. The van der Waals surface area contributed by atoms with E-state index in [4.69, 9.17) is 16.3 Å². The Balaban J connectivity index is 2.24. The lowest BCUT2D eigenvalue weighted by molar-refractivity contribution is 0.471. The van der Waals surface area contributed by atoms with Crippen molar-refractivity contribution in [3.05, 3.63) is 59.1 Å². The Morgan fingerprint density at radius 2 is 1.69 bits per heavy atom. The largest absolute Gasteiger partial charge is 0.457 e. The van der Waals surface area contributed by atoms with Crippen molar-refractivity contribution in [1.82, 2.24) is 0 Å². The second-order valence-corrected chi connectivity index (χ2v) is 3.54. The number of rotatable bonds is 2. The fourth-order valence-electron chi connectivity index (χ4n) is 1.21. The Bertz CT molecular complexity index is 514. The predicted molar refractivity (Wildman–Crippen MR) is 57.9 cm³/mol. The summed E-state index contributed by atoms with van der Waals surface area (Å²) in [4.78, 5) is 0. The van der Waals surface area contributed by atoms with Crippen molar-refractivity contribution in [2.75, 3.05) is 0 Å². The molecular weight excluding hydrogens is 234 g/mol. The number of halogens is 3. The summed E-state index contributed by atoms with van der Waals surface area (Å²) < 4.78 is 31.2. The van der Waals surface area contributed by atoms with Gasteiger partial charge in [-0.25, -0.2) is 8.78 Å². The van der Waals surface area contributed by atoms with Crippen LogP contribution in [0.4, 0.5) is 8.78 Å². The van der Waals surface area contributed by atoms with Crippen LogP contribution in [0.2, 0.25) is 5.02 Å². The zero-order valence-electron chi connectivity index (χ0n) is 8.08. The maximum atomic E-state index is 13.1. The molecule has 0 aliphatic heterocycles. The van der Waals surface area contributed by atoms with Gasteiger partial charge in [0.15, 0.2) is 0 Å². The van der Waals surface area contributed by atoms with Crippen LogP contribution in [0.15, 0.2) is 42.5 Å². The Morgan fingerprint density at radius 1 is 0.938 bits per heavy atom. The van der Waals surface area contributed by atoms with E-state index < -0.39 is 11.6 Å². The molecule has 0 saturated heterocycles. The van der Waals surface area contributed by atoms with Gasteiger partial charge in [0, 0.05) is 12.1 Å². The second-order valence-electron chi connectivity index (χ2n) is 3.14. The van der Waals surface area contributed by atoms with Crippen LogP contribution < -0.4 is 4.74 Å². The van der Waals surface area contributed by atoms with Crippen molar-refractivity contribution < 1.29 is 13.5 Å². The van der Waals surface area contributed by atoms with E-state index in [2.05, 4.69) is 0 Å². The third-order valence-corrected chi connectivity index (χ3v) is 2.23. The number of ether oxygens (including phenoxy) is 1. The Kier molecular flexibility index (Phi) is 3.06. The summed E-state index contributed by atoms with van der Waals surface area (Å²) in [5.74, 6) is -0.406. The van der Waals surface area contributed by atoms with Crippen LogP contribution >= 0.6 is 11.6 Å². The van der Waals surface area contributed by atoms with E-state index in [1.807, 2.05) is 0 Å². The van der Waals surface area contributed by atoms with Crippen molar-refractivity contribution in [1.29, 1.82) is 0 Å². The van der Waals surface area contributed by atoms with Gasteiger partial charge in [-0.05, 0) is 24.3 Å². The highest BCUT2D eigenvalue weighted by atomic mass is 35.5. The van der Waals surface area contributed by atoms with Crippen LogP contribution in [0.3, 0.4) is 0 Å². The van der Waals surface area contributed by atoms with E-state index in [1.165, 1.54) is 30.3 Å². The molecule has 16 heavy (non-hydrogen) atoms. The average molecular weight is 241 g/mol. The summed E-state index contributed by atoms with van der Waals surface area (Å²) in [5, 5.41) is 0.0200. The smallest absolute Gasteiger partial charge is 0.145 e. The van der Waals surface area contributed by atoms with Crippen molar-refractivity contribution in [3.8, 4) is 11.5 Å². The Hall–Kier alpha value is -1.61. The van der Waals surface area contributed by atoms with E-state index >= 15 is 0 Å². The first kappa shape index (κ1) is 10.9. The summed E-state index contributed by atoms with van der Waals surface area (Å²) in [6.45, 7) is 0. The molecular formula is C12H7ClF2O. The Labute approximate surface area is 96.2 Å². The molecule has 0 amide bonds. The highest BCUT2D eigenvalue weighted by Crippen LogP contribution is 2.25. The highest BCUT2D eigenvalue weighted by Gasteiger charge is 2.03. The normalized spacial score (nSPS) is 10.2. The van der Waals surface area contributed by atoms with Gasteiger partial charge < -0.3 is 4.74 Å². The van der Waals surface area contributed by atoms with E-state index in [0.717, 1.165) is 6.07 Å². The molecule has 0 N–H and O–H groups in total. The van der Waals surface area contributed by atoms with Crippen molar-refractivity contribution in [2.45, 2.75) is 0 Å². The van der Waals surface area contributed by atoms with Gasteiger partial charge in [0.1, 0.15) is 23.1 Å². The van der Waals surface area contributed by atoms with Crippen LogP contribution in [0.1, 0.15) is 0 Å². The fourth-order valence-corrected chi connectivity index (χ4v) is 1.32. The van der Waals surface area contributed by atoms with Crippen LogP contribution in [-0.4, -0.2) is 0 Å². The first-order chi connectivity index (χ1) is 7.65. The molecule has 2 aromatic carbocycles. The SMILES string of the molecule is Fc1cccc(Oc2ccc(Cl)c(F)c2)c1. The standard InChI is InChI=1S/C12H7ClF2O/c13-11-5-4-10(7-12(11)15)16-9-3-1-2-8(14)6-9/h1-7H. The van der Waals surface area contributed by atoms with Gasteiger partial charge in [-0.3, -0.25) is 0 Å². The van der Waals surface area contributed by atoms with Crippen molar-refractivity contribution in [2.24, 2.45) is 0 Å². The van der Waals surface area contributed by atoms with Gasteiger partial charge in [0.05, 0.1) is 5.02 Å². The van der Waals surface area contributed by atoms with Gasteiger partial charge in [-0.2, -0.15) is 0 Å². The zero-order chi connectivity index (χ0) is 11.5. The second kappa shape index (κ2) is 4.49. The van der Waals surface area contributed by atoms with Crippen LogP contribution in [0, 0.1) is 11.6 Å². The van der Waals surface area contributed by atoms with Crippen LogP contribution in [-0.2, 0) is 0 Å². The molecule has 1 nitrogen and oxygen atoms in total. The molecule has 0 spiro atoms. The molecule has 0 aliphatic carbocycles. The van der Waals surface area contributed by atoms with Gasteiger partial charge in [-0.15, -0.1) is 0 Å². The van der Waals surface area contributed by atoms with E-state index in [1.54, 1.807) is 6.07 Å². The number of benzene rings is 2. The topological polar surface area (TPSA) is 9.23 Å². The molecule has 0 saturated carbocycles. The number of hydrogen-bond donors (Lipinski definition) is 0. The summed E-state index contributed by atoms with van der Waals surface area (Å²) >= 11 is 5.52. The minimum atomic E-state index is -0.574. The van der Waals surface area contributed by atoms with Gasteiger partial charge in [0.2, 0.25) is 0 Å². The molecule has 0 atom stereocenters. The molecule has 4 heteroatoms. The lowest BCUT2D eigenvalue weighted by Crippen LogP contribution is -1.86. The summed E-state index contributed by atoms with van der Waals surface area (Å²) in [7, 11) is 0. The van der Waals surface area contributed by atoms with Crippen molar-refractivity contribution in [3.63, 3.8) is 0 Å². The fraction of sp³-hybridized carbons (Fsp3) is 0. The first-order valence-electron chi connectivity index (χ1n) is 4.53. The van der Waals surface area contributed by atoms with Gasteiger partial charge >= 0.3 is 0 Å². The minimum Gasteiger partial charge on any atom is -0.457 e. The molecule has 82 valence electrons. The van der Waals surface area contributed by atoms with Crippen molar-refractivity contribution >= 4 is 11.6 Å². The van der Waals surface area contributed by atoms with Gasteiger partial charge in [-0.1, -0.05) is 17.7 Å². The third-order valence-electron chi connectivity index (χ3n) is 1.92. The maximum Gasteiger partial charge on any atom is 0.145 e. The highest BCUT2D eigenvalue weighted by molar-refractivity contribution is 6.30. The molecule has 0 heterocycles. The monoisotopic (exact) mass is 240 g/mol. The van der Waals surface area contributed by atoms with E-state index in [-0.39, 0.29) is 10.8 Å². The number of hydrogen-bond acceptors (Lipinski definition) is 1. The average Bonchev–Trinajstić information content (AvgIpc) is 2.24. The maximum absolute atomic E-state index is 13.1. The molecule has 0 aliphatic rings. The van der Waals surface area contributed by atoms with Gasteiger partial charge in [0.25, 0.3) is 0 Å². The lowest BCUT2D eigenvalue weighted by Gasteiger charge is -2.05. The molecule has 2 aromatic rings. The first-order valence-corrected chi connectivity index (χ1v) is 4.91. The molecule has 0 aromatic heterocycles. The van der Waals surface area contributed by atoms with E-state index in [0.29, 0.717) is 5.75 Å². The van der Waals surface area contributed by atoms with Crippen LogP contribution in [0.25, 0.3) is 0 Å². The predicted octanol–water partition coefficient (Wildman–Crippen LogP) is 4.41. The zero-order valence-corrected chi connectivity index (χ0v) is 8.84.